The fourth-order valence-corrected chi connectivity index (χ4v) is 5.51. The van der Waals surface area contributed by atoms with Gasteiger partial charge in [0.2, 0.25) is 5.91 Å². The summed E-state index contributed by atoms with van der Waals surface area (Å²) >= 11 is 5.84. The van der Waals surface area contributed by atoms with E-state index in [1.54, 1.807) is 18.3 Å². The van der Waals surface area contributed by atoms with Crippen molar-refractivity contribution in [3.63, 3.8) is 0 Å². The Morgan fingerprint density at radius 3 is 2.39 bits per heavy atom. The number of nitrogens with zero attached hydrogens (tertiary/aromatic N) is 3. The van der Waals surface area contributed by atoms with Crippen LogP contribution in [0.3, 0.4) is 0 Å². The molecule has 4 aromatic rings. The third-order valence-electron chi connectivity index (χ3n) is 6.73. The Bertz CT molecular complexity index is 1530. The number of hydrogen-bond donors (Lipinski definition) is 3. The second-order valence-electron chi connectivity index (χ2n) is 9.21. The van der Waals surface area contributed by atoms with Gasteiger partial charge in [-0.3, -0.25) is 9.78 Å². The van der Waals surface area contributed by atoms with Crippen LogP contribution in [-0.2, 0) is 4.79 Å². The zero-order valence-electron chi connectivity index (χ0n) is 21.2. The first-order chi connectivity index (χ1) is 18.3. The summed E-state index contributed by atoms with van der Waals surface area (Å²) in [6.45, 7) is 5.44. The molecule has 1 saturated heterocycles. The van der Waals surface area contributed by atoms with Crippen LogP contribution in [0.15, 0.2) is 79.0 Å². The van der Waals surface area contributed by atoms with E-state index in [-0.39, 0.29) is 23.6 Å². The molecule has 2 atom stereocenters. The Morgan fingerprint density at radius 1 is 1.03 bits per heavy atom. The fraction of sp³-hybridized carbons (Fsp3) is 0.172. The van der Waals surface area contributed by atoms with Crippen molar-refractivity contribution in [1.29, 1.82) is 0 Å². The van der Waals surface area contributed by atoms with Gasteiger partial charge < -0.3 is 25.2 Å². The van der Waals surface area contributed by atoms with Gasteiger partial charge in [-0.1, -0.05) is 18.2 Å². The van der Waals surface area contributed by atoms with Crippen molar-refractivity contribution in [3.8, 4) is 5.69 Å². The van der Waals surface area contributed by atoms with Gasteiger partial charge >= 0.3 is 5.97 Å². The lowest BCUT2D eigenvalue weighted by Crippen LogP contribution is -2.29. The average Bonchev–Trinajstić information content (AvgIpc) is 3.39. The summed E-state index contributed by atoms with van der Waals surface area (Å²) in [5.74, 6) is -1.12. The highest BCUT2D eigenvalue weighted by Crippen LogP contribution is 2.44. The van der Waals surface area contributed by atoms with Crippen LogP contribution in [0.5, 0.6) is 0 Å². The van der Waals surface area contributed by atoms with Crippen molar-refractivity contribution in [2.24, 2.45) is 0 Å². The molecule has 0 bridgehead atoms. The van der Waals surface area contributed by atoms with Crippen molar-refractivity contribution >= 4 is 40.6 Å². The Balaban J connectivity index is 1.66. The van der Waals surface area contributed by atoms with Gasteiger partial charge in [0, 0.05) is 35.9 Å². The number of carbonyl (C=O) groups is 2. The van der Waals surface area contributed by atoms with E-state index in [1.807, 2.05) is 73.0 Å². The van der Waals surface area contributed by atoms with Crippen molar-refractivity contribution in [2.45, 2.75) is 32.9 Å². The maximum Gasteiger partial charge on any atom is 0.337 e. The summed E-state index contributed by atoms with van der Waals surface area (Å²) in [7, 11) is 0. The predicted octanol–water partition coefficient (Wildman–Crippen LogP) is 5.32. The standard InChI is InChI=1S/C29H27N5O3S/c1-17-16-23(18(2)33(17)25-10-5-4-8-22(25)28(36)37)27-26(24-9-6-7-15-30-24)32-29(38)34(27)21-13-11-20(12-14-21)31-19(3)35/h4-16,26-27H,1-3H3,(H,31,35)(H,32,38)(H,36,37)/t26-,27-/m1/s1. The summed E-state index contributed by atoms with van der Waals surface area (Å²) in [5.41, 5.74) is 6.04. The van der Waals surface area contributed by atoms with E-state index >= 15 is 0 Å². The molecule has 0 aliphatic carbocycles. The molecule has 1 fully saturated rings. The number of carboxylic acids is 1. The second-order valence-corrected chi connectivity index (χ2v) is 9.60. The first kappa shape index (κ1) is 25.2. The van der Waals surface area contributed by atoms with E-state index in [2.05, 4.69) is 26.6 Å². The van der Waals surface area contributed by atoms with Crippen molar-refractivity contribution in [2.75, 3.05) is 10.2 Å². The number of aryl methyl sites for hydroxylation is 1. The van der Waals surface area contributed by atoms with Crippen LogP contribution in [-0.4, -0.2) is 31.6 Å². The van der Waals surface area contributed by atoms with E-state index in [0.717, 1.165) is 28.3 Å². The van der Waals surface area contributed by atoms with Gasteiger partial charge in [-0.25, -0.2) is 4.79 Å². The normalized spacial score (nSPS) is 16.8. The molecule has 0 saturated carbocycles. The smallest absolute Gasteiger partial charge is 0.337 e. The molecule has 38 heavy (non-hydrogen) atoms. The highest BCUT2D eigenvalue weighted by Gasteiger charge is 2.42. The van der Waals surface area contributed by atoms with Gasteiger partial charge in [0.25, 0.3) is 0 Å². The number of nitrogens with one attached hydrogen (secondary N) is 2. The molecule has 0 unspecified atom stereocenters. The van der Waals surface area contributed by atoms with Gasteiger partial charge in [0.15, 0.2) is 5.11 Å². The third-order valence-corrected chi connectivity index (χ3v) is 7.04. The molecule has 1 aliphatic heterocycles. The van der Waals surface area contributed by atoms with Gasteiger partial charge in [-0.2, -0.15) is 0 Å². The van der Waals surface area contributed by atoms with Crippen LogP contribution in [0.4, 0.5) is 11.4 Å². The molecule has 5 rings (SSSR count). The van der Waals surface area contributed by atoms with Crippen LogP contribution < -0.4 is 15.5 Å². The van der Waals surface area contributed by atoms with Crippen LogP contribution >= 0.6 is 12.2 Å². The van der Waals surface area contributed by atoms with E-state index in [9.17, 15) is 14.7 Å². The Hall–Kier alpha value is -4.50. The Labute approximate surface area is 225 Å². The number of anilines is 2. The quantitative estimate of drug-likeness (QED) is 0.293. The maximum absolute atomic E-state index is 12.0. The minimum atomic E-state index is -0.981. The van der Waals surface area contributed by atoms with Crippen molar-refractivity contribution in [1.82, 2.24) is 14.9 Å². The number of pyridine rings is 1. The molecule has 2 aromatic heterocycles. The zero-order valence-corrected chi connectivity index (χ0v) is 22.0. The number of aromatic nitrogens is 2. The predicted molar refractivity (Wildman–Crippen MR) is 151 cm³/mol. The molecule has 2 aromatic carbocycles. The van der Waals surface area contributed by atoms with Crippen LogP contribution in [0, 0.1) is 13.8 Å². The van der Waals surface area contributed by atoms with Gasteiger partial charge in [0.05, 0.1) is 29.0 Å². The third kappa shape index (κ3) is 4.52. The number of rotatable bonds is 6. The molecule has 0 radical (unpaired) electrons. The second kappa shape index (κ2) is 10.1. The molecule has 8 nitrogen and oxygen atoms in total. The highest BCUT2D eigenvalue weighted by atomic mass is 32.1. The SMILES string of the molecule is CC(=O)Nc1ccc(N2C(=S)N[C@H](c3ccccn3)[C@H]2c2cc(C)n(-c3ccccc3C(=O)O)c2C)cc1. The fourth-order valence-electron chi connectivity index (χ4n) is 5.16. The topological polar surface area (TPSA) is 99.5 Å². The average molecular weight is 526 g/mol. The Morgan fingerprint density at radius 2 is 1.74 bits per heavy atom. The number of benzene rings is 2. The van der Waals surface area contributed by atoms with Crippen LogP contribution in [0.2, 0.25) is 0 Å². The number of thiocarbonyl (C=S) groups is 1. The summed E-state index contributed by atoms with van der Waals surface area (Å²) in [6, 6.07) is 21.9. The molecular weight excluding hydrogens is 498 g/mol. The lowest BCUT2D eigenvalue weighted by Gasteiger charge is -2.28. The summed E-state index contributed by atoms with van der Waals surface area (Å²) in [5, 5.41) is 16.6. The number of hydrogen-bond acceptors (Lipinski definition) is 4. The monoisotopic (exact) mass is 525 g/mol. The summed E-state index contributed by atoms with van der Waals surface area (Å²) in [4.78, 5) is 30.2. The molecular formula is C29H27N5O3S. The van der Waals surface area contributed by atoms with Crippen molar-refractivity contribution in [3.05, 3.63) is 107 Å². The molecule has 0 spiro atoms. The number of aromatic carboxylic acids is 1. The largest absolute Gasteiger partial charge is 0.478 e. The van der Waals surface area contributed by atoms with E-state index < -0.39 is 5.97 Å². The zero-order chi connectivity index (χ0) is 27.0. The van der Waals surface area contributed by atoms with E-state index in [4.69, 9.17) is 12.2 Å². The minimum Gasteiger partial charge on any atom is -0.478 e. The number of amides is 1. The van der Waals surface area contributed by atoms with Crippen LogP contribution in [0.1, 0.15) is 52.0 Å². The van der Waals surface area contributed by atoms with Gasteiger partial charge in [-0.15, -0.1) is 0 Å². The number of para-hydroxylation sites is 1. The molecule has 3 heterocycles. The van der Waals surface area contributed by atoms with Gasteiger partial charge in [-0.05, 0) is 86.2 Å². The highest BCUT2D eigenvalue weighted by molar-refractivity contribution is 7.80. The first-order valence-corrected chi connectivity index (χ1v) is 12.6. The number of carboxylic acid groups (broad SMARTS) is 1. The van der Waals surface area contributed by atoms with Crippen LogP contribution in [0.25, 0.3) is 5.69 Å². The Kier molecular flexibility index (Phi) is 6.69. The first-order valence-electron chi connectivity index (χ1n) is 12.2. The van der Waals surface area contributed by atoms with E-state index in [0.29, 0.717) is 16.5 Å². The summed E-state index contributed by atoms with van der Waals surface area (Å²) in [6.07, 6.45) is 1.76. The van der Waals surface area contributed by atoms with E-state index in [1.165, 1.54) is 6.92 Å². The molecule has 1 aliphatic rings. The number of carbonyl (C=O) groups excluding carboxylic acids is 1. The minimum absolute atomic E-state index is 0.140. The van der Waals surface area contributed by atoms with Gasteiger partial charge in [0.1, 0.15) is 0 Å². The van der Waals surface area contributed by atoms with Crippen molar-refractivity contribution < 1.29 is 14.7 Å². The molecule has 9 heteroatoms. The lowest BCUT2D eigenvalue weighted by atomic mass is 9.96. The summed E-state index contributed by atoms with van der Waals surface area (Å²) < 4.78 is 1.98. The molecule has 3 N–H and O–H groups in total. The lowest BCUT2D eigenvalue weighted by molar-refractivity contribution is -0.114. The maximum atomic E-state index is 12.0. The molecule has 1 amide bonds. The molecule has 192 valence electrons.